The second-order valence-corrected chi connectivity index (χ2v) is 6.71. The number of hydrogen-bond acceptors (Lipinski definition) is 4. The molecule has 1 aromatic carbocycles. The molecule has 1 aliphatic rings. The number of Topliss-reactive ketones (excluding diaryl/α,β-unsaturated/α-hetero) is 1. The van der Waals surface area contributed by atoms with E-state index in [9.17, 15) is 9.59 Å². The van der Waals surface area contributed by atoms with Gasteiger partial charge in [-0.2, -0.15) is 0 Å². The van der Waals surface area contributed by atoms with Crippen molar-refractivity contribution in [1.82, 2.24) is 4.98 Å². The molecule has 1 fully saturated rings. The molecule has 0 unspecified atom stereocenters. The summed E-state index contributed by atoms with van der Waals surface area (Å²) < 4.78 is 0. The van der Waals surface area contributed by atoms with Crippen LogP contribution in [0.15, 0.2) is 29.8 Å². The summed E-state index contributed by atoms with van der Waals surface area (Å²) in [5.74, 6) is 0.215. The van der Waals surface area contributed by atoms with Crippen LogP contribution in [0, 0.1) is 12.8 Å². The van der Waals surface area contributed by atoms with Crippen LogP contribution in [0.4, 0.5) is 15.6 Å². The first-order valence-corrected chi connectivity index (χ1v) is 8.64. The smallest absolute Gasteiger partial charge is 0.307 e. The molecule has 2 amide bonds. The Hall–Kier alpha value is -2.21. The number of aromatic nitrogens is 1. The van der Waals surface area contributed by atoms with Crippen LogP contribution in [-0.2, 0) is 0 Å². The van der Waals surface area contributed by atoms with Gasteiger partial charge in [-0.05, 0) is 37.5 Å². The van der Waals surface area contributed by atoms with E-state index >= 15 is 0 Å². The van der Waals surface area contributed by atoms with Gasteiger partial charge >= 0.3 is 6.03 Å². The number of carbonyl (C=O) groups is 2. The number of thiazole rings is 1. The quantitative estimate of drug-likeness (QED) is 0.813. The van der Waals surface area contributed by atoms with Gasteiger partial charge in [0.2, 0.25) is 0 Å². The largest absolute Gasteiger partial charge is 0.325 e. The summed E-state index contributed by atoms with van der Waals surface area (Å²) in [6, 6.07) is 5.18. The van der Waals surface area contributed by atoms with Crippen LogP contribution in [0.2, 0.25) is 0 Å². The number of urea groups is 1. The fourth-order valence-electron chi connectivity index (χ4n) is 2.92. The van der Waals surface area contributed by atoms with E-state index in [1.807, 2.05) is 25.1 Å². The second-order valence-electron chi connectivity index (χ2n) is 5.81. The highest BCUT2D eigenvalue weighted by molar-refractivity contribution is 7.13. The third kappa shape index (κ3) is 3.76. The molecule has 0 bridgehead atoms. The Kier molecular flexibility index (Phi) is 4.71. The third-order valence-electron chi connectivity index (χ3n) is 4.07. The van der Waals surface area contributed by atoms with E-state index in [-0.39, 0.29) is 17.7 Å². The van der Waals surface area contributed by atoms with Crippen LogP contribution in [-0.4, -0.2) is 16.8 Å². The SMILES string of the molecule is Cc1ccc(C(=O)C2CCCC2)c(NC(=O)Nc2nccs2)c1. The lowest BCUT2D eigenvalue weighted by atomic mass is 9.94. The Morgan fingerprint density at radius 1 is 1.22 bits per heavy atom. The Bertz CT molecular complexity index is 707. The number of nitrogens with zero attached hydrogens (tertiary/aromatic N) is 1. The summed E-state index contributed by atoms with van der Waals surface area (Å²) in [5.41, 5.74) is 2.16. The first-order chi connectivity index (χ1) is 11.1. The van der Waals surface area contributed by atoms with Gasteiger partial charge in [-0.15, -0.1) is 11.3 Å². The summed E-state index contributed by atoms with van der Waals surface area (Å²) in [4.78, 5) is 28.8. The standard InChI is InChI=1S/C17H19N3O2S/c1-11-6-7-13(15(21)12-4-2-3-5-12)14(10-11)19-16(22)20-17-18-8-9-23-17/h6-10,12H,2-5H2,1H3,(H2,18,19,20,22). The van der Waals surface area contributed by atoms with Crippen LogP contribution < -0.4 is 10.6 Å². The lowest BCUT2D eigenvalue weighted by Crippen LogP contribution is -2.22. The monoisotopic (exact) mass is 329 g/mol. The molecule has 2 N–H and O–H groups in total. The van der Waals surface area contributed by atoms with Gasteiger partial charge in [0.1, 0.15) is 0 Å². The maximum Gasteiger partial charge on any atom is 0.325 e. The summed E-state index contributed by atoms with van der Waals surface area (Å²) >= 11 is 1.35. The molecule has 1 aromatic heterocycles. The van der Waals surface area contributed by atoms with Crippen molar-refractivity contribution in [1.29, 1.82) is 0 Å². The lowest BCUT2D eigenvalue weighted by Gasteiger charge is -2.14. The van der Waals surface area contributed by atoms with Crippen LogP contribution in [0.5, 0.6) is 0 Å². The van der Waals surface area contributed by atoms with Gasteiger partial charge in [0.25, 0.3) is 0 Å². The van der Waals surface area contributed by atoms with Crippen LogP contribution >= 0.6 is 11.3 Å². The maximum atomic E-state index is 12.7. The highest BCUT2D eigenvalue weighted by Crippen LogP contribution is 2.31. The summed E-state index contributed by atoms with van der Waals surface area (Å²) in [6.45, 7) is 1.94. The molecule has 1 heterocycles. The minimum absolute atomic E-state index is 0.0836. The van der Waals surface area contributed by atoms with Crippen molar-refractivity contribution in [2.45, 2.75) is 32.6 Å². The molecule has 2 aromatic rings. The second kappa shape index (κ2) is 6.91. The fraction of sp³-hybridized carbons (Fsp3) is 0.353. The predicted octanol–water partition coefficient (Wildman–Crippen LogP) is 4.47. The molecule has 6 heteroatoms. The zero-order valence-electron chi connectivity index (χ0n) is 13.0. The number of anilines is 2. The van der Waals surface area contributed by atoms with Gasteiger partial charge in [0.05, 0.1) is 5.69 Å². The molecule has 1 saturated carbocycles. The molecule has 0 atom stereocenters. The molecule has 0 aliphatic heterocycles. The van der Waals surface area contributed by atoms with Gasteiger partial charge in [-0.1, -0.05) is 18.9 Å². The Balaban J connectivity index is 1.78. The molecule has 5 nitrogen and oxygen atoms in total. The van der Waals surface area contributed by atoms with Crippen LogP contribution in [0.1, 0.15) is 41.6 Å². The van der Waals surface area contributed by atoms with E-state index < -0.39 is 0 Å². The first kappa shape index (κ1) is 15.7. The number of nitrogens with one attached hydrogen (secondary N) is 2. The van der Waals surface area contributed by atoms with Crippen molar-refractivity contribution < 1.29 is 9.59 Å². The number of amides is 2. The topological polar surface area (TPSA) is 71.1 Å². The van der Waals surface area contributed by atoms with Crippen molar-refractivity contribution in [3.63, 3.8) is 0 Å². The average molecular weight is 329 g/mol. The van der Waals surface area contributed by atoms with E-state index in [4.69, 9.17) is 0 Å². The minimum Gasteiger partial charge on any atom is -0.307 e. The zero-order chi connectivity index (χ0) is 16.2. The number of benzene rings is 1. The van der Waals surface area contributed by atoms with Gasteiger partial charge in [-0.25, -0.2) is 9.78 Å². The predicted molar refractivity (Wildman–Crippen MR) is 92.2 cm³/mol. The van der Waals surface area contributed by atoms with Crippen molar-refractivity contribution in [2.75, 3.05) is 10.6 Å². The highest BCUT2D eigenvalue weighted by atomic mass is 32.1. The summed E-state index contributed by atoms with van der Waals surface area (Å²) in [7, 11) is 0. The normalized spacial score (nSPS) is 14.7. The number of ketones is 1. The number of aryl methyl sites for hydroxylation is 1. The molecule has 1 aliphatic carbocycles. The third-order valence-corrected chi connectivity index (χ3v) is 4.76. The maximum absolute atomic E-state index is 12.7. The van der Waals surface area contributed by atoms with Gasteiger partial charge < -0.3 is 5.32 Å². The molecule has 120 valence electrons. The molecular weight excluding hydrogens is 310 g/mol. The molecule has 3 rings (SSSR count). The van der Waals surface area contributed by atoms with E-state index in [2.05, 4.69) is 15.6 Å². The average Bonchev–Trinajstić information content (AvgIpc) is 3.20. The van der Waals surface area contributed by atoms with Crippen molar-refractivity contribution >= 4 is 34.0 Å². The summed E-state index contributed by atoms with van der Waals surface area (Å²) in [6.07, 6.45) is 5.72. The first-order valence-electron chi connectivity index (χ1n) is 7.76. The number of carbonyl (C=O) groups excluding carboxylic acids is 2. The number of hydrogen-bond donors (Lipinski definition) is 2. The lowest BCUT2D eigenvalue weighted by molar-refractivity contribution is 0.0924. The Morgan fingerprint density at radius 2 is 2.00 bits per heavy atom. The van der Waals surface area contributed by atoms with Crippen LogP contribution in [0.3, 0.4) is 0 Å². The molecular formula is C17H19N3O2S. The van der Waals surface area contributed by atoms with Gasteiger partial charge in [0.15, 0.2) is 10.9 Å². The van der Waals surface area contributed by atoms with E-state index in [0.717, 1.165) is 31.2 Å². The number of rotatable bonds is 4. The summed E-state index contributed by atoms with van der Waals surface area (Å²) in [5, 5.41) is 7.78. The van der Waals surface area contributed by atoms with Gasteiger partial charge in [0, 0.05) is 23.1 Å². The van der Waals surface area contributed by atoms with E-state index in [1.165, 1.54) is 11.3 Å². The van der Waals surface area contributed by atoms with E-state index in [0.29, 0.717) is 16.4 Å². The van der Waals surface area contributed by atoms with Crippen molar-refractivity contribution in [2.24, 2.45) is 5.92 Å². The minimum atomic E-state index is -0.383. The highest BCUT2D eigenvalue weighted by Gasteiger charge is 2.26. The Morgan fingerprint density at radius 3 is 2.70 bits per heavy atom. The van der Waals surface area contributed by atoms with Crippen molar-refractivity contribution in [3.8, 4) is 0 Å². The molecule has 0 radical (unpaired) electrons. The molecule has 0 saturated heterocycles. The van der Waals surface area contributed by atoms with Crippen LogP contribution in [0.25, 0.3) is 0 Å². The van der Waals surface area contributed by atoms with Crippen molar-refractivity contribution in [3.05, 3.63) is 40.9 Å². The Labute approximate surface area is 139 Å². The molecule has 0 spiro atoms. The van der Waals surface area contributed by atoms with Gasteiger partial charge in [-0.3, -0.25) is 10.1 Å². The van der Waals surface area contributed by atoms with E-state index in [1.54, 1.807) is 11.6 Å². The zero-order valence-corrected chi connectivity index (χ0v) is 13.8. The fourth-order valence-corrected chi connectivity index (χ4v) is 3.44. The molecule has 23 heavy (non-hydrogen) atoms.